The van der Waals surface area contributed by atoms with Crippen molar-refractivity contribution in [3.05, 3.63) is 119 Å². The SMILES string of the molecule is COc1cc(/C=c2\sc3n(c2=O)[C@@H](c2ccccc2)C(C(=O)Nc2ccccc2)=C(C)N=3)cc(Br)c1OCC#N. The van der Waals surface area contributed by atoms with Crippen LogP contribution in [0, 0.1) is 11.3 Å². The number of para-hydroxylation sites is 1. The number of halogens is 1. The van der Waals surface area contributed by atoms with Crippen molar-refractivity contribution in [2.24, 2.45) is 4.99 Å². The van der Waals surface area contributed by atoms with Gasteiger partial charge < -0.3 is 14.8 Å². The van der Waals surface area contributed by atoms with Gasteiger partial charge in [0.25, 0.3) is 11.5 Å². The first-order valence-corrected chi connectivity index (χ1v) is 13.8. The Morgan fingerprint density at radius 3 is 2.55 bits per heavy atom. The lowest BCUT2D eigenvalue weighted by atomic mass is 9.95. The Kier molecular flexibility index (Phi) is 7.96. The van der Waals surface area contributed by atoms with Crippen LogP contribution in [0.15, 0.2) is 98.3 Å². The summed E-state index contributed by atoms with van der Waals surface area (Å²) < 4.78 is 13.5. The molecule has 5 rings (SSSR count). The number of thiazole rings is 1. The second-order valence-corrected chi connectivity index (χ2v) is 10.7. The van der Waals surface area contributed by atoms with Gasteiger partial charge in [0.15, 0.2) is 22.9 Å². The van der Waals surface area contributed by atoms with Gasteiger partial charge >= 0.3 is 0 Å². The minimum atomic E-state index is -0.661. The molecule has 200 valence electrons. The second kappa shape index (κ2) is 11.7. The van der Waals surface area contributed by atoms with E-state index in [1.54, 1.807) is 29.7 Å². The number of nitrogens with zero attached hydrogens (tertiary/aromatic N) is 3. The molecule has 0 spiro atoms. The highest BCUT2D eigenvalue weighted by molar-refractivity contribution is 9.10. The lowest BCUT2D eigenvalue weighted by Gasteiger charge is -2.25. The molecule has 8 nitrogen and oxygen atoms in total. The highest BCUT2D eigenvalue weighted by Crippen LogP contribution is 2.37. The number of hydrogen-bond acceptors (Lipinski definition) is 7. The highest BCUT2D eigenvalue weighted by atomic mass is 79.9. The Labute approximate surface area is 242 Å². The summed E-state index contributed by atoms with van der Waals surface area (Å²) in [7, 11) is 1.50. The Bertz CT molecular complexity index is 1840. The molecule has 1 amide bonds. The van der Waals surface area contributed by atoms with E-state index in [1.165, 1.54) is 18.4 Å². The van der Waals surface area contributed by atoms with Crippen LogP contribution in [0.1, 0.15) is 24.1 Å². The van der Waals surface area contributed by atoms with E-state index >= 15 is 0 Å². The molecule has 1 aliphatic heterocycles. The fraction of sp³-hybridized carbons (Fsp3) is 0.133. The molecule has 1 N–H and O–H groups in total. The summed E-state index contributed by atoms with van der Waals surface area (Å²) in [5, 5.41) is 11.8. The molecule has 1 atom stereocenters. The van der Waals surface area contributed by atoms with Gasteiger partial charge in [-0.25, -0.2) is 4.99 Å². The zero-order chi connectivity index (χ0) is 28.2. The van der Waals surface area contributed by atoms with Crippen LogP contribution < -0.4 is 29.7 Å². The molecule has 2 heterocycles. The molecule has 0 aliphatic carbocycles. The van der Waals surface area contributed by atoms with Gasteiger partial charge in [-0.15, -0.1) is 0 Å². The number of methoxy groups -OCH3 is 1. The molecule has 40 heavy (non-hydrogen) atoms. The molecule has 1 aliphatic rings. The number of ether oxygens (including phenoxy) is 2. The van der Waals surface area contributed by atoms with Crippen LogP contribution in [0.3, 0.4) is 0 Å². The maximum atomic E-state index is 13.9. The van der Waals surface area contributed by atoms with Crippen LogP contribution in [0.5, 0.6) is 11.5 Å². The smallest absolute Gasteiger partial charge is 0.271 e. The van der Waals surface area contributed by atoms with Crippen LogP contribution in [0.2, 0.25) is 0 Å². The summed E-state index contributed by atoms with van der Waals surface area (Å²) in [5.41, 5.74) is 2.81. The summed E-state index contributed by atoms with van der Waals surface area (Å²) >= 11 is 4.72. The first-order chi connectivity index (χ1) is 19.4. The van der Waals surface area contributed by atoms with Crippen LogP contribution in [-0.4, -0.2) is 24.2 Å². The first kappa shape index (κ1) is 27.1. The molecule has 0 saturated carbocycles. The van der Waals surface area contributed by atoms with Crippen molar-refractivity contribution in [3.8, 4) is 17.6 Å². The number of nitriles is 1. The van der Waals surface area contributed by atoms with Gasteiger partial charge in [0, 0.05) is 5.69 Å². The number of carbonyl (C=O) groups excluding carboxylic acids is 1. The fourth-order valence-corrected chi connectivity index (χ4v) is 6.12. The van der Waals surface area contributed by atoms with Crippen molar-refractivity contribution in [1.29, 1.82) is 5.26 Å². The number of rotatable bonds is 7. The van der Waals surface area contributed by atoms with Crippen LogP contribution in [-0.2, 0) is 4.79 Å². The lowest BCUT2D eigenvalue weighted by Crippen LogP contribution is -2.40. The monoisotopic (exact) mass is 614 g/mol. The predicted molar refractivity (Wildman–Crippen MR) is 157 cm³/mol. The number of amides is 1. The van der Waals surface area contributed by atoms with E-state index < -0.39 is 6.04 Å². The maximum absolute atomic E-state index is 13.9. The normalized spacial score (nSPS) is 14.7. The number of nitrogens with one attached hydrogen (secondary N) is 1. The molecule has 4 aromatic rings. The molecule has 10 heteroatoms. The molecule has 0 bridgehead atoms. The second-order valence-electron chi connectivity index (χ2n) is 8.79. The summed E-state index contributed by atoms with van der Waals surface area (Å²) in [6.07, 6.45) is 1.75. The third-order valence-corrected chi connectivity index (χ3v) is 7.82. The van der Waals surface area contributed by atoms with E-state index in [-0.39, 0.29) is 18.1 Å². The van der Waals surface area contributed by atoms with Gasteiger partial charge in [-0.1, -0.05) is 59.9 Å². The summed E-state index contributed by atoms with van der Waals surface area (Å²) in [5.74, 6) is 0.496. The van der Waals surface area contributed by atoms with E-state index in [2.05, 4.69) is 26.2 Å². The third-order valence-electron chi connectivity index (χ3n) is 6.24. The van der Waals surface area contributed by atoms with Gasteiger partial charge in [-0.05, 0) is 64.3 Å². The average Bonchev–Trinajstić information content (AvgIpc) is 3.26. The van der Waals surface area contributed by atoms with E-state index in [0.717, 1.165) is 5.56 Å². The van der Waals surface area contributed by atoms with Gasteiger partial charge in [0.1, 0.15) is 6.07 Å². The van der Waals surface area contributed by atoms with Crippen molar-refractivity contribution >= 4 is 44.9 Å². The van der Waals surface area contributed by atoms with Crippen LogP contribution >= 0.6 is 27.3 Å². The molecule has 1 aromatic heterocycles. The largest absolute Gasteiger partial charge is 0.493 e. The van der Waals surface area contributed by atoms with E-state index in [9.17, 15) is 9.59 Å². The quantitative estimate of drug-likeness (QED) is 0.329. The topological polar surface area (TPSA) is 106 Å². The Morgan fingerprint density at radius 2 is 1.88 bits per heavy atom. The maximum Gasteiger partial charge on any atom is 0.271 e. The predicted octanol–water partition coefficient (Wildman–Crippen LogP) is 4.55. The zero-order valence-electron chi connectivity index (χ0n) is 21.6. The van der Waals surface area contributed by atoms with Gasteiger partial charge in [0.05, 0.1) is 33.4 Å². The third kappa shape index (κ3) is 5.34. The minimum absolute atomic E-state index is 0.133. The molecular formula is C30H23BrN4O4S. The van der Waals surface area contributed by atoms with Crippen molar-refractivity contribution in [3.63, 3.8) is 0 Å². The van der Waals surface area contributed by atoms with Crippen molar-refractivity contribution < 1.29 is 14.3 Å². The van der Waals surface area contributed by atoms with E-state index in [0.29, 0.717) is 47.8 Å². The number of benzene rings is 3. The number of hydrogen-bond donors (Lipinski definition) is 1. The molecular weight excluding hydrogens is 592 g/mol. The van der Waals surface area contributed by atoms with Gasteiger partial charge in [-0.2, -0.15) is 5.26 Å². The Balaban J connectivity index is 1.63. The number of allylic oxidation sites excluding steroid dienone is 1. The molecule has 0 saturated heterocycles. The number of anilines is 1. The van der Waals surface area contributed by atoms with Gasteiger partial charge in [-0.3, -0.25) is 14.2 Å². The molecule has 3 aromatic carbocycles. The number of carbonyl (C=O) groups is 1. The summed E-state index contributed by atoms with van der Waals surface area (Å²) in [4.78, 5) is 32.7. The summed E-state index contributed by atoms with van der Waals surface area (Å²) in [6.45, 7) is 1.65. The average molecular weight is 616 g/mol. The van der Waals surface area contributed by atoms with Crippen molar-refractivity contribution in [2.45, 2.75) is 13.0 Å². The van der Waals surface area contributed by atoms with Crippen LogP contribution in [0.25, 0.3) is 6.08 Å². The molecule has 0 fully saturated rings. The van der Waals surface area contributed by atoms with E-state index in [4.69, 9.17) is 14.7 Å². The Morgan fingerprint density at radius 1 is 1.18 bits per heavy atom. The zero-order valence-corrected chi connectivity index (χ0v) is 24.0. The molecule has 0 radical (unpaired) electrons. The van der Waals surface area contributed by atoms with Gasteiger partial charge in [0.2, 0.25) is 0 Å². The summed E-state index contributed by atoms with van der Waals surface area (Å²) in [6, 6.07) is 23.4. The van der Waals surface area contributed by atoms with Crippen molar-refractivity contribution in [2.75, 3.05) is 19.0 Å². The van der Waals surface area contributed by atoms with Crippen molar-refractivity contribution in [1.82, 2.24) is 4.57 Å². The number of aromatic nitrogens is 1. The number of fused-ring (bicyclic) bond motifs is 1. The fourth-order valence-electron chi connectivity index (χ4n) is 4.50. The minimum Gasteiger partial charge on any atom is -0.493 e. The lowest BCUT2D eigenvalue weighted by molar-refractivity contribution is -0.113. The Hall–Kier alpha value is -4.46. The van der Waals surface area contributed by atoms with E-state index in [1.807, 2.05) is 66.7 Å². The molecule has 0 unspecified atom stereocenters. The first-order valence-electron chi connectivity index (χ1n) is 12.2. The highest BCUT2D eigenvalue weighted by Gasteiger charge is 2.32. The standard InChI is InChI=1S/C30H23BrN4O4S/c1-18-25(28(36)34-21-11-7-4-8-12-21)26(20-9-5-3-6-10-20)35-29(37)24(40-30(35)33-18)17-19-15-22(31)27(39-14-13-32)23(16-19)38-2/h3-12,15-17,26H,14H2,1-2H3,(H,34,36)/b24-17-/t26-/m0/s1. The van der Waals surface area contributed by atoms with Crippen LogP contribution in [0.4, 0.5) is 5.69 Å².